The Hall–Kier alpha value is -6.19. The summed E-state index contributed by atoms with van der Waals surface area (Å²) >= 11 is 16.8. The van der Waals surface area contributed by atoms with Crippen LogP contribution in [0.1, 0.15) is 91.5 Å². The van der Waals surface area contributed by atoms with Crippen molar-refractivity contribution in [3.63, 3.8) is 0 Å². The van der Waals surface area contributed by atoms with Crippen molar-refractivity contribution in [1.82, 2.24) is 25.4 Å². The monoisotopic (exact) mass is 1050 g/mol. The van der Waals surface area contributed by atoms with Gasteiger partial charge >= 0.3 is 23.1 Å². The third-order valence-electron chi connectivity index (χ3n) is 10.7. The van der Waals surface area contributed by atoms with Gasteiger partial charge in [-0.1, -0.05) is 59.7 Å². The van der Waals surface area contributed by atoms with E-state index in [9.17, 15) is 27.6 Å². The van der Waals surface area contributed by atoms with E-state index in [2.05, 4.69) is 39.2 Å². The first-order chi connectivity index (χ1) is 33.3. The molecule has 14 nitrogen and oxygen atoms in total. The Morgan fingerprint density at radius 1 is 0.700 bits per heavy atom. The summed E-state index contributed by atoms with van der Waals surface area (Å²) in [4.78, 5) is 39.4. The van der Waals surface area contributed by atoms with Gasteiger partial charge in [0.1, 0.15) is 68.9 Å². The maximum absolute atomic E-state index is 12.9. The molecule has 0 amide bonds. The minimum absolute atomic E-state index is 0.0716. The van der Waals surface area contributed by atoms with Crippen LogP contribution in [0.2, 0.25) is 10.0 Å². The zero-order chi connectivity index (χ0) is 50.0. The van der Waals surface area contributed by atoms with Crippen molar-refractivity contribution in [2.24, 2.45) is 0 Å². The Morgan fingerprint density at radius 2 is 1.33 bits per heavy atom. The van der Waals surface area contributed by atoms with Gasteiger partial charge in [0.15, 0.2) is 10.0 Å². The summed E-state index contributed by atoms with van der Waals surface area (Å²) in [5.74, 6) is 2.37. The molecule has 3 aromatic carbocycles. The Bertz CT molecular complexity index is 3570. The molecule has 0 bridgehead atoms. The number of alkyl halides is 3. The van der Waals surface area contributed by atoms with Crippen molar-refractivity contribution < 1.29 is 40.6 Å². The Kier molecular flexibility index (Phi) is 15.1. The lowest BCUT2D eigenvalue weighted by Gasteiger charge is -2.10. The molecule has 10 rings (SSSR count). The van der Waals surface area contributed by atoms with Crippen LogP contribution in [0.15, 0.2) is 87.6 Å². The first-order valence-corrected chi connectivity index (χ1v) is 24.6. The second-order valence-corrected chi connectivity index (χ2v) is 20.3. The Balaban J connectivity index is 0.000000141. The van der Waals surface area contributed by atoms with Gasteiger partial charge in [-0.15, -0.1) is 31.7 Å². The molecule has 0 spiro atoms. The van der Waals surface area contributed by atoms with Crippen molar-refractivity contribution in [1.29, 1.82) is 0 Å². The number of aromatic nitrogens is 5. The van der Waals surface area contributed by atoms with Gasteiger partial charge in [-0.2, -0.15) is 13.2 Å². The van der Waals surface area contributed by atoms with Crippen molar-refractivity contribution in [2.75, 3.05) is 0 Å². The lowest BCUT2D eigenvalue weighted by atomic mass is 10.1. The number of rotatable bonds is 11. The first kappa shape index (κ1) is 50.2. The van der Waals surface area contributed by atoms with Crippen molar-refractivity contribution in [3.05, 3.63) is 154 Å². The van der Waals surface area contributed by atoms with Gasteiger partial charge in [0, 0.05) is 63.2 Å². The highest BCUT2D eigenvalue weighted by Crippen LogP contribution is 2.42. The quantitative estimate of drug-likeness (QED) is 0.111. The molecule has 1 fully saturated rings. The number of fused-ring (bicyclic) bond motifs is 3. The summed E-state index contributed by atoms with van der Waals surface area (Å²) < 4.78 is 71.2. The van der Waals surface area contributed by atoms with E-state index in [1.54, 1.807) is 61.6 Å². The normalized spacial score (nSPS) is 12.5. The molecule has 364 valence electrons. The number of benzene rings is 3. The lowest BCUT2D eigenvalue weighted by Crippen LogP contribution is -2.11. The SMILES string of the molecule is Cc1c(C)c2ccc(OCc3nnc(C(C)C)s3)cc2oc1=O.Cc1c(Cl)c(=O)oc2cc(OCc3csc(C4CC4)n3)c(Cl)cc12.Cc1nnc(COc2ccc3c(C(F)(F)F)cc(=O)oc3c2)s1. The van der Waals surface area contributed by atoms with E-state index < -0.39 is 23.0 Å². The molecule has 6 heterocycles. The fourth-order valence-corrected chi connectivity index (χ4v) is 9.44. The highest BCUT2D eigenvalue weighted by atomic mass is 35.5. The molecule has 0 atom stereocenters. The van der Waals surface area contributed by atoms with Gasteiger partial charge in [-0.25, -0.2) is 19.4 Å². The third kappa shape index (κ3) is 11.9. The molecule has 22 heteroatoms. The number of ether oxygens (including phenoxy) is 3. The molecular weight excluding hydrogens is 1010 g/mol. The van der Waals surface area contributed by atoms with E-state index in [1.807, 2.05) is 24.4 Å². The maximum Gasteiger partial charge on any atom is 0.417 e. The fraction of sp³-hybridized carbons (Fsp3) is 0.292. The van der Waals surface area contributed by atoms with Gasteiger partial charge in [-0.05, 0) is 82.0 Å². The van der Waals surface area contributed by atoms with E-state index in [0.29, 0.717) is 80.3 Å². The molecule has 1 aliphatic rings. The predicted molar refractivity (Wildman–Crippen MR) is 262 cm³/mol. The average Bonchev–Trinajstić information content (AvgIpc) is 3.63. The Labute approximate surface area is 417 Å². The second-order valence-electron chi connectivity index (χ2n) is 16.3. The number of hydrogen-bond donors (Lipinski definition) is 0. The standard InChI is InChI=1S/C17H13Cl2NO3S.C17H18N2O3S.C14H9F3N2O3S/c1-8-11-4-12(18)14(5-13(11)23-17(21)15(8)19)22-6-10-7-24-16(20-10)9-2-3-9;1-9(2)16-19-18-15(23-16)8-21-12-5-6-13-10(3)11(4)17(20)22-14(13)7-12;1-7-18-19-12(23-7)6-21-8-2-3-9-10(14(15,16)17)5-13(20)22-11(9)4-8/h4-5,7,9H,2-3,6H2,1H3;5-7,9H,8H2,1-4H3;2-5H,6H2,1H3. The van der Waals surface area contributed by atoms with Crippen LogP contribution in [-0.2, 0) is 26.0 Å². The molecule has 0 aliphatic heterocycles. The van der Waals surface area contributed by atoms with Gasteiger partial charge in [0.05, 0.1) is 21.3 Å². The van der Waals surface area contributed by atoms with Gasteiger partial charge < -0.3 is 27.5 Å². The molecule has 0 radical (unpaired) electrons. The predicted octanol–water partition coefficient (Wildman–Crippen LogP) is 12.8. The number of halogens is 5. The average molecular weight is 1050 g/mol. The molecule has 1 aliphatic carbocycles. The van der Waals surface area contributed by atoms with Crippen molar-refractivity contribution >= 4 is 90.1 Å². The third-order valence-corrected chi connectivity index (χ3v) is 14.5. The van der Waals surface area contributed by atoms with E-state index in [1.165, 1.54) is 47.4 Å². The first-order valence-electron chi connectivity index (χ1n) is 21.4. The van der Waals surface area contributed by atoms with Crippen molar-refractivity contribution in [3.8, 4) is 17.2 Å². The molecular formula is C48H40Cl2F3N5O9S3. The van der Waals surface area contributed by atoms with Crippen LogP contribution < -0.4 is 31.1 Å². The molecule has 0 unspecified atom stereocenters. The molecule has 1 saturated carbocycles. The summed E-state index contributed by atoms with van der Waals surface area (Å²) in [7, 11) is 0. The summed E-state index contributed by atoms with van der Waals surface area (Å²) in [6.07, 6.45) is -2.18. The molecule has 0 N–H and O–H groups in total. The molecule has 6 aromatic heterocycles. The smallest absolute Gasteiger partial charge is 0.417 e. The summed E-state index contributed by atoms with van der Waals surface area (Å²) in [5.41, 5.74) is 0.884. The van der Waals surface area contributed by atoms with Crippen LogP contribution in [0, 0.1) is 27.7 Å². The van der Waals surface area contributed by atoms with Crippen LogP contribution in [0.5, 0.6) is 17.2 Å². The fourth-order valence-electron chi connectivity index (χ4n) is 6.73. The number of aryl methyl sites for hydroxylation is 3. The van der Waals surface area contributed by atoms with Crippen LogP contribution in [-0.4, -0.2) is 25.4 Å². The minimum atomic E-state index is -4.64. The molecule has 70 heavy (non-hydrogen) atoms. The van der Waals surface area contributed by atoms with Gasteiger partial charge in [0.2, 0.25) is 0 Å². The van der Waals surface area contributed by atoms with Crippen LogP contribution in [0.25, 0.3) is 32.9 Å². The van der Waals surface area contributed by atoms with Crippen LogP contribution in [0.4, 0.5) is 13.2 Å². The second kappa shape index (κ2) is 21.0. The van der Waals surface area contributed by atoms with E-state index in [-0.39, 0.29) is 34.0 Å². The topological polar surface area (TPSA) is 183 Å². The number of nitrogens with zero attached hydrogens (tertiary/aromatic N) is 5. The van der Waals surface area contributed by atoms with Gasteiger partial charge in [-0.3, -0.25) is 0 Å². The molecule has 0 saturated heterocycles. The minimum Gasteiger partial charge on any atom is -0.486 e. The number of hydrogen-bond acceptors (Lipinski definition) is 17. The maximum atomic E-state index is 12.9. The highest BCUT2D eigenvalue weighted by molar-refractivity contribution is 7.11. The lowest BCUT2D eigenvalue weighted by molar-refractivity contribution is -0.136. The zero-order valence-corrected chi connectivity index (χ0v) is 41.9. The molecule has 9 aromatic rings. The summed E-state index contributed by atoms with van der Waals surface area (Å²) in [6.45, 7) is 12.2. The number of thiazole rings is 1. The van der Waals surface area contributed by atoms with Crippen molar-refractivity contribution in [2.45, 2.75) is 92.2 Å². The highest BCUT2D eigenvalue weighted by Gasteiger charge is 2.34. The Morgan fingerprint density at radius 3 is 1.96 bits per heavy atom. The van der Waals surface area contributed by atoms with Crippen LogP contribution >= 0.6 is 57.2 Å². The summed E-state index contributed by atoms with van der Waals surface area (Å²) in [5, 5.41) is 24.3. The van der Waals surface area contributed by atoms with Crippen LogP contribution in [0.3, 0.4) is 0 Å². The van der Waals surface area contributed by atoms with Gasteiger partial charge in [0.25, 0.3) is 0 Å². The zero-order valence-electron chi connectivity index (χ0n) is 38.0. The summed E-state index contributed by atoms with van der Waals surface area (Å²) in [6, 6.07) is 13.1. The largest absolute Gasteiger partial charge is 0.486 e. The van der Waals surface area contributed by atoms with E-state index in [0.717, 1.165) is 31.7 Å². The van der Waals surface area contributed by atoms with E-state index >= 15 is 0 Å². The van der Waals surface area contributed by atoms with E-state index in [4.69, 9.17) is 50.7 Å².